The number of amides is 2. The molecule has 1 heterocycles. The molecule has 29 heavy (non-hydrogen) atoms. The van der Waals surface area contributed by atoms with Crippen LogP contribution in [0.15, 0.2) is 36.7 Å². The van der Waals surface area contributed by atoms with Crippen LogP contribution < -0.4 is 5.32 Å². The number of carbonyl (C=O) groups excluding carboxylic acids is 2. The standard InChI is InChI=1S/C24H33N3O2/c1-7-8-12-27(6)24(29)19-13-18(14-25-15-19)23(28)26-22-20(16(2)3)10-9-11-21(22)17(4)5/h9-11,13-17H,7-8,12H2,1-6H3,(H,26,28). The molecule has 5 nitrogen and oxygen atoms in total. The lowest BCUT2D eigenvalue weighted by Crippen LogP contribution is -2.28. The van der Waals surface area contributed by atoms with Crippen molar-refractivity contribution < 1.29 is 9.59 Å². The Morgan fingerprint density at radius 2 is 1.62 bits per heavy atom. The summed E-state index contributed by atoms with van der Waals surface area (Å²) in [5.41, 5.74) is 3.87. The van der Waals surface area contributed by atoms with E-state index in [-0.39, 0.29) is 23.7 Å². The van der Waals surface area contributed by atoms with Gasteiger partial charge >= 0.3 is 0 Å². The SMILES string of the molecule is CCCCN(C)C(=O)c1cncc(C(=O)Nc2c(C(C)C)cccc2C(C)C)c1. The van der Waals surface area contributed by atoms with Crippen molar-refractivity contribution in [3.63, 3.8) is 0 Å². The molecule has 0 aliphatic rings. The average Bonchev–Trinajstić information content (AvgIpc) is 2.71. The zero-order valence-electron chi connectivity index (χ0n) is 18.5. The molecule has 2 amide bonds. The molecular weight excluding hydrogens is 362 g/mol. The lowest BCUT2D eigenvalue weighted by molar-refractivity contribution is 0.0793. The van der Waals surface area contributed by atoms with Crippen LogP contribution in [0.1, 0.15) is 91.1 Å². The average molecular weight is 396 g/mol. The van der Waals surface area contributed by atoms with Crippen molar-refractivity contribution in [2.45, 2.75) is 59.3 Å². The molecule has 0 saturated heterocycles. The number of nitrogens with one attached hydrogen (secondary N) is 1. The third-order valence-electron chi connectivity index (χ3n) is 5.05. The molecule has 0 aliphatic carbocycles. The highest BCUT2D eigenvalue weighted by Crippen LogP contribution is 2.32. The van der Waals surface area contributed by atoms with Gasteiger partial charge in [-0.25, -0.2) is 0 Å². The van der Waals surface area contributed by atoms with Crippen LogP contribution in [-0.2, 0) is 0 Å². The third kappa shape index (κ3) is 5.66. The summed E-state index contributed by atoms with van der Waals surface area (Å²) in [5.74, 6) is 0.189. The van der Waals surface area contributed by atoms with Crippen LogP contribution in [-0.4, -0.2) is 35.3 Å². The molecule has 1 aromatic heterocycles. The number of aromatic nitrogens is 1. The minimum atomic E-state index is -0.252. The topological polar surface area (TPSA) is 62.3 Å². The normalized spacial score (nSPS) is 11.0. The molecule has 156 valence electrons. The van der Waals surface area contributed by atoms with Crippen LogP contribution in [0, 0.1) is 0 Å². The Bertz CT molecular complexity index is 833. The zero-order valence-corrected chi connectivity index (χ0v) is 18.5. The highest BCUT2D eigenvalue weighted by atomic mass is 16.2. The van der Waals surface area contributed by atoms with E-state index in [4.69, 9.17) is 0 Å². The van der Waals surface area contributed by atoms with E-state index in [1.807, 2.05) is 18.2 Å². The van der Waals surface area contributed by atoms with E-state index in [0.29, 0.717) is 17.7 Å². The number of carbonyl (C=O) groups is 2. The molecule has 0 spiro atoms. The number of nitrogens with zero attached hydrogens (tertiary/aromatic N) is 2. The van der Waals surface area contributed by atoms with Crippen molar-refractivity contribution in [1.82, 2.24) is 9.88 Å². The Balaban J connectivity index is 2.30. The first-order valence-electron chi connectivity index (χ1n) is 10.4. The molecule has 1 N–H and O–H groups in total. The molecule has 0 radical (unpaired) electrons. The molecule has 0 fully saturated rings. The maximum Gasteiger partial charge on any atom is 0.257 e. The fraction of sp³-hybridized carbons (Fsp3) is 0.458. The van der Waals surface area contributed by atoms with Gasteiger partial charge in [-0.2, -0.15) is 0 Å². The summed E-state index contributed by atoms with van der Waals surface area (Å²) in [6, 6.07) is 7.76. The quantitative estimate of drug-likeness (QED) is 0.646. The summed E-state index contributed by atoms with van der Waals surface area (Å²) >= 11 is 0. The van der Waals surface area contributed by atoms with Gasteiger partial charge in [0.2, 0.25) is 0 Å². The van der Waals surface area contributed by atoms with Crippen LogP contribution in [0.25, 0.3) is 0 Å². The van der Waals surface area contributed by atoms with E-state index in [1.165, 1.54) is 12.4 Å². The Morgan fingerprint density at radius 3 is 2.17 bits per heavy atom. The Kier molecular flexibility index (Phi) is 7.94. The van der Waals surface area contributed by atoms with E-state index in [1.54, 1.807) is 18.0 Å². The second-order valence-electron chi connectivity index (χ2n) is 8.12. The van der Waals surface area contributed by atoms with Crippen LogP contribution >= 0.6 is 0 Å². The van der Waals surface area contributed by atoms with Crippen molar-refractivity contribution in [3.05, 3.63) is 58.9 Å². The van der Waals surface area contributed by atoms with E-state index in [0.717, 1.165) is 29.7 Å². The van der Waals surface area contributed by atoms with Crippen molar-refractivity contribution in [3.8, 4) is 0 Å². The number of benzene rings is 1. The predicted molar refractivity (Wildman–Crippen MR) is 119 cm³/mol. The Morgan fingerprint density at radius 1 is 1.03 bits per heavy atom. The minimum Gasteiger partial charge on any atom is -0.342 e. The summed E-state index contributed by atoms with van der Waals surface area (Å²) in [7, 11) is 1.78. The zero-order chi connectivity index (χ0) is 21.6. The van der Waals surface area contributed by atoms with Crippen molar-refractivity contribution in [2.75, 3.05) is 18.9 Å². The Hall–Kier alpha value is -2.69. The lowest BCUT2D eigenvalue weighted by Gasteiger charge is -2.20. The molecule has 0 unspecified atom stereocenters. The van der Waals surface area contributed by atoms with Crippen molar-refractivity contribution in [1.29, 1.82) is 0 Å². The van der Waals surface area contributed by atoms with Crippen LogP contribution in [0.5, 0.6) is 0 Å². The van der Waals surface area contributed by atoms with Gasteiger partial charge < -0.3 is 10.2 Å². The number of hydrogen-bond donors (Lipinski definition) is 1. The summed E-state index contributed by atoms with van der Waals surface area (Å²) in [6.07, 6.45) is 4.99. The number of pyridine rings is 1. The van der Waals surface area contributed by atoms with Gasteiger partial charge in [0.1, 0.15) is 0 Å². The fourth-order valence-corrected chi connectivity index (χ4v) is 3.28. The molecule has 5 heteroatoms. The van der Waals surface area contributed by atoms with E-state index >= 15 is 0 Å². The summed E-state index contributed by atoms with van der Waals surface area (Å²) in [5, 5.41) is 3.08. The molecule has 2 aromatic rings. The van der Waals surface area contributed by atoms with Gasteiger partial charge in [-0.3, -0.25) is 14.6 Å². The number of para-hydroxylation sites is 1. The van der Waals surface area contributed by atoms with Crippen molar-refractivity contribution >= 4 is 17.5 Å². The van der Waals surface area contributed by atoms with Crippen LogP contribution in [0.2, 0.25) is 0 Å². The second kappa shape index (κ2) is 10.2. The highest BCUT2D eigenvalue weighted by molar-refractivity contribution is 6.06. The van der Waals surface area contributed by atoms with Gasteiger partial charge in [-0.05, 0) is 35.4 Å². The van der Waals surface area contributed by atoms with Gasteiger partial charge in [0.25, 0.3) is 11.8 Å². The van der Waals surface area contributed by atoms with Crippen LogP contribution in [0.3, 0.4) is 0 Å². The van der Waals surface area contributed by atoms with Crippen molar-refractivity contribution in [2.24, 2.45) is 0 Å². The van der Waals surface area contributed by atoms with Gasteiger partial charge in [-0.1, -0.05) is 59.2 Å². The number of rotatable bonds is 8. The first-order chi connectivity index (χ1) is 13.8. The van der Waals surface area contributed by atoms with E-state index in [9.17, 15) is 9.59 Å². The molecule has 1 aromatic carbocycles. The summed E-state index contributed by atoms with van der Waals surface area (Å²) < 4.78 is 0. The third-order valence-corrected chi connectivity index (χ3v) is 5.05. The molecule has 0 bridgehead atoms. The lowest BCUT2D eigenvalue weighted by atomic mass is 9.92. The molecule has 0 aliphatic heterocycles. The number of unbranched alkanes of at least 4 members (excludes halogenated alkanes) is 1. The smallest absolute Gasteiger partial charge is 0.257 e. The van der Waals surface area contributed by atoms with Gasteiger partial charge in [0.15, 0.2) is 0 Å². The maximum atomic E-state index is 13.0. The van der Waals surface area contributed by atoms with Crippen LogP contribution in [0.4, 0.5) is 5.69 Å². The van der Waals surface area contributed by atoms with Gasteiger partial charge in [-0.15, -0.1) is 0 Å². The number of hydrogen-bond acceptors (Lipinski definition) is 3. The Labute approximate surface area is 174 Å². The molecular formula is C24H33N3O2. The molecule has 0 atom stereocenters. The van der Waals surface area contributed by atoms with E-state index < -0.39 is 0 Å². The van der Waals surface area contributed by atoms with E-state index in [2.05, 4.69) is 44.9 Å². The summed E-state index contributed by atoms with van der Waals surface area (Å²) in [6.45, 7) is 11.2. The van der Waals surface area contributed by atoms with Gasteiger partial charge in [0.05, 0.1) is 11.1 Å². The number of anilines is 1. The van der Waals surface area contributed by atoms with Gasteiger partial charge in [0, 0.05) is 31.7 Å². The second-order valence-corrected chi connectivity index (χ2v) is 8.12. The molecule has 0 saturated carbocycles. The first kappa shape index (κ1) is 22.6. The monoisotopic (exact) mass is 395 g/mol. The summed E-state index contributed by atoms with van der Waals surface area (Å²) in [4.78, 5) is 31.4. The largest absolute Gasteiger partial charge is 0.342 e. The highest BCUT2D eigenvalue weighted by Gasteiger charge is 2.19. The maximum absolute atomic E-state index is 13.0. The fourth-order valence-electron chi connectivity index (χ4n) is 3.28. The predicted octanol–water partition coefficient (Wildman–Crippen LogP) is 5.45. The molecule has 2 rings (SSSR count). The minimum absolute atomic E-state index is 0.119. The first-order valence-corrected chi connectivity index (χ1v) is 10.4.